The largest absolute Gasteiger partial charge is 0.481 e. The fourth-order valence-electron chi connectivity index (χ4n) is 3.57. The fourth-order valence-corrected chi connectivity index (χ4v) is 3.57. The van der Waals surface area contributed by atoms with Crippen molar-refractivity contribution < 1.29 is 39.6 Å². The smallest absolute Gasteiger partial charge is 0.311 e. The summed E-state index contributed by atoms with van der Waals surface area (Å²) in [5.74, 6) is -10.2. The first-order chi connectivity index (χ1) is 11.6. The highest BCUT2D eigenvalue weighted by molar-refractivity contribution is 5.86. The van der Waals surface area contributed by atoms with Crippen molar-refractivity contribution in [3.8, 4) is 0 Å². The van der Waals surface area contributed by atoms with Crippen LogP contribution in [-0.2, 0) is 19.2 Å². The summed E-state index contributed by atoms with van der Waals surface area (Å²) in [6.45, 7) is 1.74. The maximum atomic E-state index is 11.6. The molecule has 8 nitrogen and oxygen atoms in total. The Labute approximate surface area is 142 Å². The SMILES string of the molecule is Cc1ccc2c(c1)C(C(CC(=O)O)C(=O)O)CC(C(=O)O)C2C(=O)O. The van der Waals surface area contributed by atoms with Crippen molar-refractivity contribution in [2.75, 3.05) is 0 Å². The molecule has 8 heteroatoms. The summed E-state index contributed by atoms with van der Waals surface area (Å²) in [5, 5.41) is 37.4. The summed E-state index contributed by atoms with van der Waals surface area (Å²) in [5.41, 5.74) is 1.39. The Balaban J connectivity index is 2.64. The first-order valence-corrected chi connectivity index (χ1v) is 7.64. The van der Waals surface area contributed by atoms with Crippen LogP contribution in [0.4, 0.5) is 0 Å². The molecule has 1 aromatic rings. The third-order valence-electron chi connectivity index (χ3n) is 4.67. The Kier molecular flexibility index (Phi) is 5.10. The Hall–Kier alpha value is -2.90. The molecule has 0 amide bonds. The highest BCUT2D eigenvalue weighted by Crippen LogP contribution is 2.47. The van der Waals surface area contributed by atoms with E-state index in [2.05, 4.69) is 0 Å². The molecule has 4 unspecified atom stereocenters. The van der Waals surface area contributed by atoms with Crippen LogP contribution in [0, 0.1) is 18.8 Å². The molecule has 1 aliphatic rings. The Morgan fingerprint density at radius 1 is 1.04 bits per heavy atom. The molecule has 134 valence electrons. The zero-order chi connectivity index (χ0) is 18.9. The molecule has 1 aromatic carbocycles. The number of carboxylic acids is 4. The first kappa shape index (κ1) is 18.4. The van der Waals surface area contributed by atoms with Gasteiger partial charge in [0.2, 0.25) is 0 Å². The van der Waals surface area contributed by atoms with Gasteiger partial charge >= 0.3 is 23.9 Å². The molecule has 2 rings (SSSR count). The van der Waals surface area contributed by atoms with E-state index in [0.29, 0.717) is 5.56 Å². The number of benzene rings is 1. The van der Waals surface area contributed by atoms with Crippen molar-refractivity contribution in [2.24, 2.45) is 11.8 Å². The normalized spacial score (nSPS) is 23.3. The zero-order valence-electron chi connectivity index (χ0n) is 13.4. The van der Waals surface area contributed by atoms with Gasteiger partial charge in [-0.1, -0.05) is 23.8 Å². The van der Waals surface area contributed by atoms with Crippen LogP contribution in [0.2, 0.25) is 0 Å². The highest BCUT2D eigenvalue weighted by Gasteiger charge is 2.46. The lowest BCUT2D eigenvalue weighted by molar-refractivity contribution is -0.153. The summed E-state index contributed by atoms with van der Waals surface area (Å²) in [7, 11) is 0. The van der Waals surface area contributed by atoms with E-state index in [1.807, 2.05) is 0 Å². The second kappa shape index (κ2) is 6.92. The van der Waals surface area contributed by atoms with Gasteiger partial charge in [0.05, 0.1) is 24.2 Å². The van der Waals surface area contributed by atoms with Gasteiger partial charge in [0.25, 0.3) is 0 Å². The van der Waals surface area contributed by atoms with Gasteiger partial charge in [0.15, 0.2) is 0 Å². The molecule has 0 radical (unpaired) electrons. The van der Waals surface area contributed by atoms with Gasteiger partial charge in [-0.3, -0.25) is 19.2 Å². The number of carbonyl (C=O) groups is 4. The van der Waals surface area contributed by atoms with Crippen LogP contribution < -0.4 is 0 Å². The summed E-state index contributed by atoms with van der Waals surface area (Å²) >= 11 is 0. The third-order valence-corrected chi connectivity index (χ3v) is 4.67. The van der Waals surface area contributed by atoms with Crippen molar-refractivity contribution in [3.05, 3.63) is 34.9 Å². The lowest BCUT2D eigenvalue weighted by Gasteiger charge is -2.36. The maximum absolute atomic E-state index is 11.6. The van der Waals surface area contributed by atoms with Crippen LogP contribution in [0.5, 0.6) is 0 Å². The van der Waals surface area contributed by atoms with Crippen LogP contribution >= 0.6 is 0 Å². The van der Waals surface area contributed by atoms with Gasteiger partial charge in [0.1, 0.15) is 0 Å². The van der Waals surface area contributed by atoms with Gasteiger partial charge < -0.3 is 20.4 Å². The first-order valence-electron chi connectivity index (χ1n) is 7.64. The Bertz CT molecular complexity index is 738. The molecule has 0 aliphatic heterocycles. The van der Waals surface area contributed by atoms with Gasteiger partial charge in [-0.25, -0.2) is 0 Å². The standard InChI is InChI=1S/C17H18O8/c1-7-2-3-8-9(4-7)10(11(15(20)21)6-13(18)19)5-12(16(22)23)14(8)17(24)25/h2-4,10-12,14H,5-6H2,1H3,(H,18,19)(H,20,21)(H,22,23)(H,24,25). The summed E-state index contributed by atoms with van der Waals surface area (Å²) < 4.78 is 0. The minimum Gasteiger partial charge on any atom is -0.481 e. The second-order valence-corrected chi connectivity index (χ2v) is 6.28. The average molecular weight is 350 g/mol. The van der Waals surface area contributed by atoms with Crippen molar-refractivity contribution in [2.45, 2.75) is 31.6 Å². The van der Waals surface area contributed by atoms with E-state index >= 15 is 0 Å². The van der Waals surface area contributed by atoms with Crippen molar-refractivity contribution in [1.82, 2.24) is 0 Å². The molecular formula is C17H18O8. The maximum Gasteiger partial charge on any atom is 0.311 e. The monoisotopic (exact) mass is 350 g/mol. The van der Waals surface area contributed by atoms with Crippen LogP contribution in [0.15, 0.2) is 18.2 Å². The molecular weight excluding hydrogens is 332 g/mol. The van der Waals surface area contributed by atoms with E-state index in [-0.39, 0.29) is 12.0 Å². The predicted octanol–water partition coefficient (Wildman–Crippen LogP) is 1.53. The quantitative estimate of drug-likeness (QED) is 0.603. The minimum atomic E-state index is -1.35. The lowest BCUT2D eigenvalue weighted by atomic mass is 9.65. The number of rotatable bonds is 6. The van der Waals surface area contributed by atoms with E-state index in [1.165, 1.54) is 6.07 Å². The van der Waals surface area contributed by atoms with E-state index in [4.69, 9.17) is 5.11 Å². The molecule has 0 spiro atoms. The van der Waals surface area contributed by atoms with Crippen LogP contribution in [0.3, 0.4) is 0 Å². The molecule has 0 fully saturated rings. The van der Waals surface area contributed by atoms with Gasteiger partial charge in [-0.15, -0.1) is 0 Å². The van der Waals surface area contributed by atoms with E-state index in [1.54, 1.807) is 19.1 Å². The average Bonchev–Trinajstić information content (AvgIpc) is 2.50. The molecule has 4 atom stereocenters. The second-order valence-electron chi connectivity index (χ2n) is 6.28. The number of aryl methyl sites for hydroxylation is 1. The summed E-state index contributed by atoms with van der Waals surface area (Å²) in [6, 6.07) is 4.74. The van der Waals surface area contributed by atoms with E-state index in [9.17, 15) is 34.5 Å². The van der Waals surface area contributed by atoms with Crippen molar-refractivity contribution >= 4 is 23.9 Å². The molecule has 25 heavy (non-hydrogen) atoms. The minimum absolute atomic E-state index is 0.235. The molecule has 0 saturated carbocycles. The van der Waals surface area contributed by atoms with E-state index in [0.717, 1.165) is 5.56 Å². The molecule has 0 aromatic heterocycles. The molecule has 1 aliphatic carbocycles. The number of carboxylic acid groups (broad SMARTS) is 4. The number of fused-ring (bicyclic) bond motifs is 1. The lowest BCUT2D eigenvalue weighted by Crippen LogP contribution is -2.38. The topological polar surface area (TPSA) is 149 Å². The third kappa shape index (κ3) is 3.62. The number of aliphatic carboxylic acids is 4. The van der Waals surface area contributed by atoms with Gasteiger partial charge in [0, 0.05) is 0 Å². The van der Waals surface area contributed by atoms with Crippen LogP contribution in [0.25, 0.3) is 0 Å². The van der Waals surface area contributed by atoms with Crippen LogP contribution in [0.1, 0.15) is 41.4 Å². The van der Waals surface area contributed by atoms with Gasteiger partial charge in [-0.05, 0) is 30.4 Å². The van der Waals surface area contributed by atoms with Crippen molar-refractivity contribution in [1.29, 1.82) is 0 Å². The molecule has 0 heterocycles. The number of hydrogen-bond donors (Lipinski definition) is 4. The Morgan fingerprint density at radius 3 is 2.16 bits per heavy atom. The summed E-state index contributed by atoms with van der Waals surface area (Å²) in [6.07, 6.45) is -0.912. The highest BCUT2D eigenvalue weighted by atomic mass is 16.4. The molecule has 0 saturated heterocycles. The van der Waals surface area contributed by atoms with Crippen molar-refractivity contribution in [3.63, 3.8) is 0 Å². The van der Waals surface area contributed by atoms with Gasteiger partial charge in [-0.2, -0.15) is 0 Å². The predicted molar refractivity (Wildman–Crippen MR) is 83.4 cm³/mol. The molecule has 0 bridgehead atoms. The summed E-state index contributed by atoms with van der Waals surface area (Å²) in [4.78, 5) is 45.9. The molecule has 4 N–H and O–H groups in total. The Morgan fingerprint density at radius 2 is 1.68 bits per heavy atom. The van der Waals surface area contributed by atoms with Crippen LogP contribution in [-0.4, -0.2) is 44.3 Å². The number of hydrogen-bond acceptors (Lipinski definition) is 4. The zero-order valence-corrected chi connectivity index (χ0v) is 13.4. The van der Waals surface area contributed by atoms with E-state index < -0.39 is 54.0 Å². The fraction of sp³-hybridized carbons (Fsp3) is 0.412.